The van der Waals surface area contributed by atoms with Gasteiger partial charge in [0.1, 0.15) is 22.1 Å². The lowest BCUT2D eigenvalue weighted by molar-refractivity contribution is 0.0961. The molecule has 1 unspecified atom stereocenters. The van der Waals surface area contributed by atoms with Crippen LogP contribution < -0.4 is 54.9 Å². The normalized spacial score (nSPS) is 15.6. The molecule has 0 spiro atoms. The number of hydrogen-bond acceptors (Lipinski definition) is 35. The minimum Gasteiger partial charge on any atom is -0.395 e. The molecule has 0 bridgehead atoms. The van der Waals surface area contributed by atoms with Crippen molar-refractivity contribution in [3.05, 3.63) is 172 Å². The third-order valence-corrected chi connectivity index (χ3v) is 31.8. The number of fused-ring (bicyclic) bond motifs is 4. The minimum atomic E-state index is -3.57. The number of aliphatic hydroxyl groups is 3. The maximum Gasteiger partial charge on any atom is 0.247 e. The van der Waals surface area contributed by atoms with Crippen LogP contribution in [0.15, 0.2) is 170 Å². The van der Waals surface area contributed by atoms with Gasteiger partial charge in [0, 0.05) is 135 Å². The highest BCUT2D eigenvalue weighted by atomic mass is 79.9. The number of rotatable bonds is 40. The van der Waals surface area contributed by atoms with E-state index >= 15 is 0 Å². The van der Waals surface area contributed by atoms with E-state index in [1.807, 2.05) is 76.2 Å². The number of hydrogen-bond donors (Lipinski definition) is 11. The molecule has 0 aliphatic carbocycles. The van der Waals surface area contributed by atoms with E-state index in [0.717, 1.165) is 147 Å². The summed E-state index contributed by atoms with van der Waals surface area (Å²) in [6.45, 7) is 32.9. The highest BCUT2D eigenvalue weighted by molar-refractivity contribution is 9.10. The second kappa shape index (κ2) is 52.3. The lowest BCUT2D eigenvalue weighted by Crippen LogP contribution is -2.38. The number of aromatic nitrogens is 12. The fraction of sp³-hybridized carbons (Fsp3) is 0.475. The lowest BCUT2D eigenvalue weighted by Gasteiger charge is -2.33. The summed E-state index contributed by atoms with van der Waals surface area (Å²) in [5.41, 5.74) is 15.5. The van der Waals surface area contributed by atoms with Gasteiger partial charge in [0.2, 0.25) is 63.9 Å². The summed E-state index contributed by atoms with van der Waals surface area (Å²) in [6, 6.07) is 42.2. The van der Waals surface area contributed by atoms with Crippen LogP contribution in [0, 0.1) is 27.7 Å². The van der Waals surface area contributed by atoms with Crippen molar-refractivity contribution in [2.75, 3.05) is 193 Å². The molecule has 0 radical (unpaired) electrons. The molecule has 44 heteroatoms. The molecule has 12 aromatic rings. The molecular formula is C99H138BrN27O12S4. The molecule has 143 heavy (non-hydrogen) atoms. The Balaban J connectivity index is 0.000000170. The van der Waals surface area contributed by atoms with E-state index in [0.29, 0.717) is 144 Å². The van der Waals surface area contributed by atoms with Crippen LogP contribution in [-0.2, 0) is 44.8 Å². The first-order valence-corrected chi connectivity index (χ1v) is 54.9. The van der Waals surface area contributed by atoms with Gasteiger partial charge in [-0.1, -0.05) is 30.8 Å². The molecule has 39 nitrogen and oxygen atoms in total. The zero-order valence-corrected chi connectivity index (χ0v) is 86.0. The summed E-state index contributed by atoms with van der Waals surface area (Å²) >= 11 is 3.48. The standard InChI is InChI=1S/C27H39N7O4S.C25H33N7O3S.C25H35N7O3S.C20H23BrN6O2S.2CH4/c1-20(2)34(14-16-38-17-15-35)26-19-25-24(18-21(26)3)30-27(32-31-25)29-22-6-8-23(9-7-22)39(36,37)28-10-13-33-11-4-5-12-33;1-18-15-22-23(16-24(18)32-13-4-5-20(33)17-32)29-30-25(28-22)27-19-6-8-21(9-7-19)36(34,35)26-10-14-31-11-2-3-12-31;1-18(2)32(14-15-33)24-17-23-22(16-19(24)3)28-25(30-29-23)27-20-6-8-21(9-7-20)36(34,35)26-10-13-31-11-4-5-12-31;1-14-12-18-19(13-17(14)21)25-26-20(24-18)23-15-4-6-16(7-5-15)30(28,29)22-8-11-27-9-2-3-10-27;;/h6-9,18-20,28,35H,4-5,10-17H2,1-3H3,(H,29,30,32);6-9,15-16,20,26,33H,2-5,10-14,17H2,1H3,(H,27,28,30);6-9,16-18,26,33H,4-5,10-15H2,1-3H3,(H,27,28,30);4-7,12-13,22H,2-3,8-11H2,1H3,(H,23,24,26);2*1H4. The number of aliphatic hydroxyl groups excluding tert-OH is 3. The van der Waals surface area contributed by atoms with Crippen molar-refractivity contribution in [2.24, 2.45) is 0 Å². The lowest BCUT2D eigenvalue weighted by atomic mass is 10.1. The van der Waals surface area contributed by atoms with Crippen LogP contribution in [0.4, 0.5) is 63.6 Å². The van der Waals surface area contributed by atoms with Crippen molar-refractivity contribution in [1.82, 2.24) is 99.2 Å². The van der Waals surface area contributed by atoms with E-state index in [9.17, 15) is 43.9 Å². The van der Waals surface area contributed by atoms with Crippen molar-refractivity contribution < 1.29 is 53.7 Å². The summed E-state index contributed by atoms with van der Waals surface area (Å²) in [7, 11) is -14.2. The predicted molar refractivity (Wildman–Crippen MR) is 569 cm³/mol. The van der Waals surface area contributed by atoms with Crippen LogP contribution in [0.2, 0.25) is 0 Å². The first-order chi connectivity index (χ1) is 67.8. The van der Waals surface area contributed by atoms with Crippen molar-refractivity contribution in [1.29, 1.82) is 0 Å². The zero-order valence-electron chi connectivity index (χ0n) is 81.2. The third kappa shape index (κ3) is 31.4. The van der Waals surface area contributed by atoms with Gasteiger partial charge in [0.15, 0.2) is 0 Å². The van der Waals surface area contributed by atoms with Crippen LogP contribution in [0.3, 0.4) is 0 Å². The summed E-state index contributed by atoms with van der Waals surface area (Å²) in [6.07, 6.45) is 10.9. The molecule has 0 amide bonds. The number of nitrogens with zero attached hydrogens (tertiary/aromatic N) is 19. The summed E-state index contributed by atoms with van der Waals surface area (Å²) < 4.78 is 118. The highest BCUT2D eigenvalue weighted by Crippen LogP contribution is 2.34. The van der Waals surface area contributed by atoms with Gasteiger partial charge in [0.25, 0.3) is 0 Å². The Morgan fingerprint density at radius 1 is 0.371 bits per heavy atom. The van der Waals surface area contributed by atoms with Gasteiger partial charge >= 0.3 is 0 Å². The first-order valence-electron chi connectivity index (χ1n) is 48.2. The van der Waals surface area contributed by atoms with Crippen LogP contribution in [0.25, 0.3) is 44.1 Å². The Hall–Kier alpha value is -10.8. The monoisotopic (exact) mass is 2100 g/mol. The molecule has 5 saturated heterocycles. The average molecular weight is 2110 g/mol. The molecule has 5 aliphatic heterocycles. The van der Waals surface area contributed by atoms with Gasteiger partial charge in [-0.3, -0.25) is 0 Å². The number of nitrogens with one attached hydrogen (secondary N) is 8. The molecule has 772 valence electrons. The Morgan fingerprint density at radius 2 is 0.671 bits per heavy atom. The number of sulfonamides is 4. The smallest absolute Gasteiger partial charge is 0.247 e. The van der Waals surface area contributed by atoms with Crippen molar-refractivity contribution in [3.8, 4) is 0 Å². The Labute approximate surface area is 848 Å². The number of benzene rings is 8. The fourth-order valence-corrected chi connectivity index (χ4v) is 21.9. The number of aryl methyl sites for hydroxylation is 4. The first kappa shape index (κ1) is 111. The molecule has 4 aromatic heterocycles. The number of halogens is 1. The van der Waals surface area contributed by atoms with Crippen molar-refractivity contribution in [2.45, 2.75) is 172 Å². The van der Waals surface area contributed by atoms with E-state index in [4.69, 9.17) is 9.84 Å². The number of piperidine rings is 1. The Kier molecular flexibility index (Phi) is 40.6. The van der Waals surface area contributed by atoms with Crippen molar-refractivity contribution in [3.63, 3.8) is 0 Å². The number of β-amino-alcohol motifs (C(OH)–C–C–N with tert-alkyl or cyclic N) is 1. The van der Waals surface area contributed by atoms with Gasteiger partial charge < -0.3 is 75.6 Å². The molecule has 9 heterocycles. The van der Waals surface area contributed by atoms with E-state index in [2.05, 4.69) is 179 Å². The van der Waals surface area contributed by atoms with Gasteiger partial charge in [-0.25, -0.2) is 72.5 Å². The van der Waals surface area contributed by atoms with Gasteiger partial charge in [-0.05, 0) is 340 Å². The maximum absolute atomic E-state index is 12.7. The quantitative estimate of drug-likeness (QED) is 0.0159. The molecule has 5 aliphatic rings. The zero-order chi connectivity index (χ0) is 99.8. The second-order valence-electron chi connectivity index (χ2n) is 36.3. The Morgan fingerprint density at radius 3 is 0.979 bits per heavy atom. The molecule has 5 fully saturated rings. The van der Waals surface area contributed by atoms with E-state index in [1.165, 1.54) is 51.4 Å². The minimum absolute atomic E-state index is 0. The molecule has 11 N–H and O–H groups in total. The third-order valence-electron chi connectivity index (χ3n) is 25.1. The van der Waals surface area contributed by atoms with E-state index in [-0.39, 0.29) is 65.8 Å². The van der Waals surface area contributed by atoms with Crippen molar-refractivity contribution >= 4 is 164 Å². The largest absolute Gasteiger partial charge is 0.395 e. The van der Waals surface area contributed by atoms with Gasteiger partial charge in [-0.2, -0.15) is 0 Å². The molecule has 17 rings (SSSR count). The van der Waals surface area contributed by atoms with Crippen LogP contribution >= 0.6 is 15.9 Å². The Bertz CT molecular complexity index is 6660. The molecule has 8 aromatic carbocycles. The maximum atomic E-state index is 12.7. The van der Waals surface area contributed by atoms with Gasteiger partial charge in [-0.15, -0.1) is 40.8 Å². The average Bonchev–Trinajstić information content (AvgIpc) is 1.28. The second-order valence-corrected chi connectivity index (χ2v) is 44.2. The fourth-order valence-electron chi connectivity index (χ4n) is 17.5. The predicted octanol–water partition coefficient (Wildman–Crippen LogP) is 12.2. The summed E-state index contributed by atoms with van der Waals surface area (Å²) in [5.74, 6) is 1.34. The summed E-state index contributed by atoms with van der Waals surface area (Å²) in [4.78, 5) is 34.8. The highest BCUT2D eigenvalue weighted by Gasteiger charge is 2.27. The number of ether oxygens (including phenoxy) is 1. The van der Waals surface area contributed by atoms with E-state index in [1.54, 1.807) is 97.1 Å². The molecule has 0 saturated carbocycles. The number of likely N-dealkylation sites (tertiary alicyclic amines) is 4. The van der Waals surface area contributed by atoms with Crippen LogP contribution in [0.5, 0.6) is 0 Å². The molecule has 1 atom stereocenters. The van der Waals surface area contributed by atoms with Gasteiger partial charge in [0.05, 0.1) is 74.2 Å². The SMILES string of the molecule is C.C.Cc1cc2nc(Nc3ccc(S(=O)(=O)NCCN4CCCC4)cc3)nnc2cc1Br.Cc1cc2nc(Nc3ccc(S(=O)(=O)NCCN4CCCC4)cc3)nnc2cc1N(CCO)C(C)C.Cc1cc2nc(Nc3ccc(S(=O)(=O)NCCN4CCCC4)cc3)nnc2cc1N(CCOCCO)C(C)C.Cc1cc2nc(Nc3ccc(S(=O)(=O)NCCN4CCCC4)cc3)nnc2cc1N1CCCC(O)C1. The van der Waals surface area contributed by atoms with E-state index < -0.39 is 40.1 Å². The van der Waals surface area contributed by atoms with Crippen LogP contribution in [0.1, 0.15) is 129 Å². The van der Waals surface area contributed by atoms with Crippen LogP contribution in [-0.4, -0.2) is 305 Å². The molecular weight excluding hydrogens is 1970 g/mol. The topological polar surface area (TPSA) is 480 Å². The summed E-state index contributed by atoms with van der Waals surface area (Å²) in [5, 5.41) is 74.8. The number of anilines is 11.